The molecular formula is C33H37N2O3P. The van der Waals surface area contributed by atoms with Gasteiger partial charge in [0.25, 0.3) is 0 Å². The van der Waals surface area contributed by atoms with E-state index in [1.807, 2.05) is 131 Å². The lowest BCUT2D eigenvalue weighted by atomic mass is 9.91. The summed E-state index contributed by atoms with van der Waals surface area (Å²) in [6, 6.07) is 38.8. The molecule has 0 bridgehead atoms. The van der Waals surface area contributed by atoms with E-state index in [1.54, 1.807) is 6.66 Å². The van der Waals surface area contributed by atoms with Crippen LogP contribution in [0, 0.1) is 0 Å². The molecular weight excluding hydrogens is 503 g/mol. The summed E-state index contributed by atoms with van der Waals surface area (Å²) in [5.74, 6) is 0. The third-order valence-corrected chi connectivity index (χ3v) is 10.6. The molecule has 6 heteroatoms. The van der Waals surface area contributed by atoms with Crippen LogP contribution in [0.4, 0.5) is 0 Å². The van der Waals surface area contributed by atoms with Crippen LogP contribution in [0.15, 0.2) is 121 Å². The number of aliphatic hydroxyl groups is 2. The SMILES string of the molecule is CP1(=O)N(Cc2ccccc2)[C@H](Cc2ccccc2)[C@H](O)[C@@H](O)[C@@H](Cc2ccccc2)N1Cc1ccccc1. The number of hydrogen-bond acceptors (Lipinski definition) is 3. The first kappa shape index (κ1) is 27.5. The summed E-state index contributed by atoms with van der Waals surface area (Å²) in [7, 11) is -3.30. The van der Waals surface area contributed by atoms with Crippen LogP contribution >= 0.6 is 7.44 Å². The molecule has 0 aliphatic carbocycles. The van der Waals surface area contributed by atoms with Crippen LogP contribution in [0.5, 0.6) is 0 Å². The van der Waals surface area contributed by atoms with Gasteiger partial charge in [-0.3, -0.25) is 4.57 Å². The van der Waals surface area contributed by atoms with Gasteiger partial charge in [-0.1, -0.05) is 121 Å². The summed E-state index contributed by atoms with van der Waals surface area (Å²) in [6.45, 7) is 2.61. The molecule has 39 heavy (non-hydrogen) atoms. The minimum atomic E-state index is -3.30. The van der Waals surface area contributed by atoms with Crippen LogP contribution < -0.4 is 0 Å². The molecule has 1 heterocycles. The van der Waals surface area contributed by atoms with Crippen molar-refractivity contribution in [2.24, 2.45) is 0 Å². The Bertz CT molecular complexity index is 1250. The fraction of sp³-hybridized carbons (Fsp3) is 0.273. The fourth-order valence-electron chi connectivity index (χ4n) is 5.71. The second kappa shape index (κ2) is 12.4. The van der Waals surface area contributed by atoms with Crippen LogP contribution in [-0.2, 0) is 30.5 Å². The van der Waals surface area contributed by atoms with E-state index in [0.717, 1.165) is 22.3 Å². The van der Waals surface area contributed by atoms with Crippen molar-refractivity contribution in [2.45, 2.75) is 50.2 Å². The van der Waals surface area contributed by atoms with Crippen molar-refractivity contribution >= 4 is 7.44 Å². The van der Waals surface area contributed by atoms with Crippen molar-refractivity contribution in [3.63, 3.8) is 0 Å². The van der Waals surface area contributed by atoms with Crippen molar-refractivity contribution in [2.75, 3.05) is 6.66 Å². The van der Waals surface area contributed by atoms with Crippen LogP contribution in [0.3, 0.4) is 0 Å². The molecule has 0 unspecified atom stereocenters. The maximum Gasteiger partial charge on any atom is 0.214 e. The van der Waals surface area contributed by atoms with E-state index < -0.39 is 31.7 Å². The molecule has 5 nitrogen and oxygen atoms in total. The Labute approximate surface area is 231 Å². The van der Waals surface area contributed by atoms with Gasteiger partial charge in [-0.05, 0) is 35.1 Å². The molecule has 0 saturated carbocycles. The van der Waals surface area contributed by atoms with Gasteiger partial charge in [0.1, 0.15) is 0 Å². The summed E-state index contributed by atoms with van der Waals surface area (Å²) in [4.78, 5) is 0. The molecule has 5 rings (SSSR count). The maximum atomic E-state index is 15.2. The largest absolute Gasteiger partial charge is 0.389 e. The monoisotopic (exact) mass is 540 g/mol. The van der Waals surface area contributed by atoms with E-state index in [0.29, 0.717) is 25.9 Å². The lowest BCUT2D eigenvalue weighted by molar-refractivity contribution is -0.0408. The van der Waals surface area contributed by atoms with Crippen molar-refractivity contribution in [1.82, 2.24) is 9.34 Å². The Kier molecular flexibility index (Phi) is 8.76. The topological polar surface area (TPSA) is 64.0 Å². The predicted octanol–water partition coefficient (Wildman–Crippen LogP) is 5.77. The normalized spacial score (nSPS) is 26.2. The first-order valence-corrected chi connectivity index (χ1v) is 15.6. The van der Waals surface area contributed by atoms with E-state index in [9.17, 15) is 10.2 Å². The van der Waals surface area contributed by atoms with Crippen LogP contribution in [0.1, 0.15) is 22.3 Å². The molecule has 0 radical (unpaired) electrons. The van der Waals surface area contributed by atoms with Gasteiger partial charge in [0, 0.05) is 19.8 Å². The zero-order valence-corrected chi connectivity index (χ0v) is 23.2. The zero-order valence-electron chi connectivity index (χ0n) is 22.3. The minimum Gasteiger partial charge on any atom is -0.389 e. The van der Waals surface area contributed by atoms with Gasteiger partial charge >= 0.3 is 0 Å². The molecule has 1 aliphatic rings. The van der Waals surface area contributed by atoms with E-state index in [4.69, 9.17) is 0 Å². The summed E-state index contributed by atoms with van der Waals surface area (Å²) in [5, 5.41) is 23.7. The van der Waals surface area contributed by atoms with Crippen molar-refractivity contribution in [1.29, 1.82) is 0 Å². The Morgan fingerprint density at radius 3 is 1.13 bits per heavy atom. The highest BCUT2D eigenvalue weighted by molar-refractivity contribution is 7.58. The van der Waals surface area contributed by atoms with Gasteiger partial charge in [0.2, 0.25) is 7.44 Å². The first-order chi connectivity index (χ1) is 18.9. The number of benzene rings is 4. The van der Waals surface area contributed by atoms with Gasteiger partial charge in [-0.2, -0.15) is 0 Å². The second-order valence-corrected chi connectivity index (χ2v) is 13.2. The summed E-state index contributed by atoms with van der Waals surface area (Å²) in [6.07, 6.45) is -1.25. The lowest BCUT2D eigenvalue weighted by Crippen LogP contribution is -2.50. The Balaban J connectivity index is 1.62. The Hall–Kier alpha value is -3.05. The van der Waals surface area contributed by atoms with E-state index in [-0.39, 0.29) is 0 Å². The van der Waals surface area contributed by atoms with Gasteiger partial charge in [-0.15, -0.1) is 0 Å². The predicted molar refractivity (Wildman–Crippen MR) is 157 cm³/mol. The molecule has 4 aromatic carbocycles. The molecule has 202 valence electrons. The number of aliphatic hydroxyl groups excluding tert-OH is 2. The summed E-state index contributed by atoms with van der Waals surface area (Å²) in [5.41, 5.74) is 4.09. The molecule has 0 aromatic heterocycles. The summed E-state index contributed by atoms with van der Waals surface area (Å²) >= 11 is 0. The van der Waals surface area contributed by atoms with E-state index in [2.05, 4.69) is 0 Å². The minimum absolute atomic E-state index is 0.402. The third kappa shape index (κ3) is 6.41. The standard InChI is InChI=1S/C33H37N2O3P/c1-39(38)34(24-28-18-10-4-11-19-28)30(22-26-14-6-2-7-15-26)32(36)33(37)31(23-27-16-8-3-9-17-27)35(39)25-29-20-12-5-13-21-29/h2-21,30-33,36-37H,22-25H2,1H3/t30-,31-,32+,33+/m1/s1. The highest BCUT2D eigenvalue weighted by atomic mass is 31.2. The maximum absolute atomic E-state index is 15.2. The zero-order chi connectivity index (χ0) is 27.2. The van der Waals surface area contributed by atoms with Crippen molar-refractivity contribution in [3.8, 4) is 0 Å². The van der Waals surface area contributed by atoms with E-state index >= 15 is 4.57 Å². The van der Waals surface area contributed by atoms with Crippen molar-refractivity contribution < 1.29 is 14.8 Å². The summed E-state index contributed by atoms with van der Waals surface area (Å²) < 4.78 is 19.2. The highest BCUT2D eigenvalue weighted by Gasteiger charge is 2.50. The van der Waals surface area contributed by atoms with Gasteiger partial charge < -0.3 is 10.2 Å². The van der Waals surface area contributed by atoms with Crippen LogP contribution in [0.2, 0.25) is 0 Å². The molecule has 0 spiro atoms. The van der Waals surface area contributed by atoms with Crippen LogP contribution in [0.25, 0.3) is 0 Å². The average Bonchev–Trinajstić information content (AvgIpc) is 3.02. The molecule has 1 saturated heterocycles. The molecule has 1 aliphatic heterocycles. The van der Waals surface area contributed by atoms with Gasteiger partial charge in [-0.25, -0.2) is 9.34 Å². The van der Waals surface area contributed by atoms with Crippen molar-refractivity contribution in [3.05, 3.63) is 144 Å². The molecule has 2 N–H and O–H groups in total. The molecule has 4 aromatic rings. The van der Waals surface area contributed by atoms with Gasteiger partial charge in [0.15, 0.2) is 0 Å². The molecule has 1 fully saturated rings. The first-order valence-electron chi connectivity index (χ1n) is 13.6. The quantitative estimate of drug-likeness (QED) is 0.278. The van der Waals surface area contributed by atoms with Crippen LogP contribution in [-0.4, -0.2) is 50.5 Å². The number of nitrogens with zero attached hydrogens (tertiary/aromatic N) is 2. The van der Waals surface area contributed by atoms with Gasteiger partial charge in [0.05, 0.1) is 24.3 Å². The Morgan fingerprint density at radius 1 is 0.538 bits per heavy atom. The molecule has 4 atom stereocenters. The highest BCUT2D eigenvalue weighted by Crippen LogP contribution is 2.57. The lowest BCUT2D eigenvalue weighted by Gasteiger charge is -2.41. The Morgan fingerprint density at radius 2 is 0.821 bits per heavy atom. The molecule has 0 amide bonds. The number of rotatable bonds is 8. The second-order valence-electron chi connectivity index (χ2n) is 10.5. The van der Waals surface area contributed by atoms with E-state index in [1.165, 1.54) is 0 Å². The number of hydrogen-bond donors (Lipinski definition) is 2. The average molecular weight is 541 g/mol. The fourth-order valence-corrected chi connectivity index (χ4v) is 8.39. The third-order valence-electron chi connectivity index (χ3n) is 7.81. The smallest absolute Gasteiger partial charge is 0.214 e.